The molecule has 0 saturated carbocycles. The number of likely N-dealkylation sites (tertiary alicyclic amines) is 1. The minimum Gasteiger partial charge on any atom is -0.497 e. The van der Waals surface area contributed by atoms with Gasteiger partial charge in [0.05, 0.1) is 14.2 Å². The van der Waals surface area contributed by atoms with Crippen molar-refractivity contribution in [1.82, 2.24) is 10.2 Å². The summed E-state index contributed by atoms with van der Waals surface area (Å²) >= 11 is 0. The molecule has 1 aliphatic rings. The Hall–Kier alpha value is -3.27. The maximum Gasteiger partial charge on any atom is 0.265 e. The van der Waals surface area contributed by atoms with Gasteiger partial charge >= 0.3 is 0 Å². The van der Waals surface area contributed by atoms with Crippen LogP contribution in [0.25, 0.3) is 0 Å². The number of carbonyl (C=O) groups is 2. The van der Waals surface area contributed by atoms with E-state index in [0.717, 1.165) is 19.3 Å². The van der Waals surface area contributed by atoms with Crippen LogP contribution in [0.1, 0.15) is 43.0 Å². The van der Waals surface area contributed by atoms with E-state index >= 15 is 0 Å². The molecule has 1 heterocycles. The van der Waals surface area contributed by atoms with E-state index in [0.29, 0.717) is 30.8 Å². The largest absolute Gasteiger partial charge is 0.497 e. The van der Waals surface area contributed by atoms with Crippen LogP contribution in [0.2, 0.25) is 0 Å². The van der Waals surface area contributed by atoms with Gasteiger partial charge in [0, 0.05) is 30.4 Å². The van der Waals surface area contributed by atoms with Gasteiger partial charge in [0.1, 0.15) is 22.4 Å². The first-order chi connectivity index (χ1) is 16.3. The molecule has 10 heteroatoms. The number of benzene rings is 2. The van der Waals surface area contributed by atoms with Gasteiger partial charge in [-0.2, -0.15) is 0 Å². The zero-order chi connectivity index (χ0) is 24.7. The van der Waals surface area contributed by atoms with E-state index in [-0.39, 0.29) is 28.1 Å². The van der Waals surface area contributed by atoms with Gasteiger partial charge in [0.15, 0.2) is 0 Å². The van der Waals surface area contributed by atoms with Crippen LogP contribution >= 0.6 is 0 Å². The summed E-state index contributed by atoms with van der Waals surface area (Å²) < 4.78 is 38.7. The molecule has 2 amide bonds. The summed E-state index contributed by atoms with van der Waals surface area (Å²) in [4.78, 5) is 27.1. The minimum absolute atomic E-state index is 0.0662. The van der Waals surface area contributed by atoms with E-state index in [1.807, 2.05) is 0 Å². The van der Waals surface area contributed by atoms with Gasteiger partial charge < -0.3 is 19.7 Å². The van der Waals surface area contributed by atoms with Crippen molar-refractivity contribution in [1.29, 1.82) is 0 Å². The number of anilines is 1. The lowest BCUT2D eigenvalue weighted by Crippen LogP contribution is -2.46. The Morgan fingerprint density at radius 1 is 1.09 bits per heavy atom. The highest BCUT2D eigenvalue weighted by Gasteiger charge is 2.34. The van der Waals surface area contributed by atoms with E-state index in [2.05, 4.69) is 17.0 Å². The number of sulfonamides is 1. The fraction of sp³-hybridized carbons (Fsp3) is 0.417. The number of methoxy groups -OCH3 is 2. The predicted molar refractivity (Wildman–Crippen MR) is 129 cm³/mol. The van der Waals surface area contributed by atoms with Crippen molar-refractivity contribution in [3.05, 3.63) is 48.0 Å². The summed E-state index contributed by atoms with van der Waals surface area (Å²) in [7, 11) is -1.14. The molecule has 1 atom stereocenters. The third-order valence-electron chi connectivity index (χ3n) is 5.69. The van der Waals surface area contributed by atoms with Crippen LogP contribution in [0, 0.1) is 0 Å². The Morgan fingerprint density at radius 3 is 2.47 bits per heavy atom. The normalized spacial score (nSPS) is 15.6. The quantitative estimate of drug-likeness (QED) is 0.496. The molecule has 0 spiro atoms. The molecule has 9 nitrogen and oxygen atoms in total. The summed E-state index contributed by atoms with van der Waals surface area (Å²) in [6, 6.07) is 10.1. The molecular formula is C24H31N3O6S. The van der Waals surface area contributed by atoms with Crippen LogP contribution in [0.3, 0.4) is 0 Å². The number of nitrogens with zero attached hydrogens (tertiary/aromatic N) is 1. The number of rotatable bonds is 10. The molecule has 184 valence electrons. The lowest BCUT2D eigenvalue weighted by molar-refractivity contribution is -0.124. The maximum absolute atomic E-state index is 13.0. The smallest absolute Gasteiger partial charge is 0.265 e. The fourth-order valence-electron chi connectivity index (χ4n) is 3.84. The Kier molecular flexibility index (Phi) is 8.38. The second-order valence-electron chi connectivity index (χ2n) is 8.00. The van der Waals surface area contributed by atoms with Crippen molar-refractivity contribution < 1.29 is 27.5 Å². The first-order valence-corrected chi connectivity index (χ1v) is 12.7. The van der Waals surface area contributed by atoms with Gasteiger partial charge in [-0.25, -0.2) is 8.42 Å². The third kappa shape index (κ3) is 5.80. The number of amides is 2. The summed E-state index contributed by atoms with van der Waals surface area (Å²) in [5, 5.41) is 2.90. The van der Waals surface area contributed by atoms with Crippen molar-refractivity contribution in [2.45, 2.75) is 43.5 Å². The first-order valence-electron chi connectivity index (χ1n) is 11.2. The number of nitrogens with one attached hydrogen (secondary N) is 2. The monoisotopic (exact) mass is 489 g/mol. The first kappa shape index (κ1) is 25.4. The Morgan fingerprint density at radius 2 is 1.82 bits per heavy atom. The van der Waals surface area contributed by atoms with E-state index in [9.17, 15) is 18.0 Å². The van der Waals surface area contributed by atoms with Gasteiger partial charge in [-0.05, 0) is 55.7 Å². The van der Waals surface area contributed by atoms with E-state index in [1.54, 1.807) is 23.1 Å². The van der Waals surface area contributed by atoms with Crippen molar-refractivity contribution in [3.8, 4) is 11.5 Å². The average Bonchev–Trinajstić information content (AvgIpc) is 3.33. The molecule has 0 unspecified atom stereocenters. The molecule has 34 heavy (non-hydrogen) atoms. The molecule has 2 aromatic rings. The van der Waals surface area contributed by atoms with Crippen LogP contribution in [0.4, 0.5) is 5.69 Å². The lowest BCUT2D eigenvalue weighted by atomic mass is 10.1. The Bertz CT molecular complexity index is 1120. The van der Waals surface area contributed by atoms with E-state index < -0.39 is 16.1 Å². The van der Waals surface area contributed by atoms with Crippen molar-refractivity contribution in [3.63, 3.8) is 0 Å². The van der Waals surface area contributed by atoms with Crippen molar-refractivity contribution in [2.75, 3.05) is 32.0 Å². The zero-order valence-corrected chi connectivity index (χ0v) is 20.5. The summed E-state index contributed by atoms with van der Waals surface area (Å²) in [5.74, 6) is 0.173. The average molecular weight is 490 g/mol. The molecule has 1 aliphatic heterocycles. The summed E-state index contributed by atoms with van der Waals surface area (Å²) in [6.07, 6.45) is 3.27. The lowest BCUT2D eigenvalue weighted by Gasteiger charge is -2.24. The highest BCUT2D eigenvalue weighted by molar-refractivity contribution is 7.92. The van der Waals surface area contributed by atoms with Gasteiger partial charge in [-0.3, -0.25) is 14.3 Å². The SMILES string of the molecule is CCCCNC(=O)[C@H]1CCCN1C(=O)c1ccc(NS(=O)(=O)c2cc(OC)ccc2OC)cc1. The molecule has 3 rings (SSSR count). The van der Waals surface area contributed by atoms with Gasteiger partial charge in [0.25, 0.3) is 15.9 Å². The van der Waals surface area contributed by atoms with Crippen LogP contribution in [-0.4, -0.2) is 58.5 Å². The Labute approximate surface area is 200 Å². The molecule has 2 N–H and O–H groups in total. The summed E-state index contributed by atoms with van der Waals surface area (Å²) in [5.41, 5.74) is 0.673. The number of unbranched alkanes of at least 4 members (excludes halogenated alkanes) is 1. The van der Waals surface area contributed by atoms with Gasteiger partial charge in [-0.15, -0.1) is 0 Å². The van der Waals surface area contributed by atoms with Crippen LogP contribution in [-0.2, 0) is 14.8 Å². The fourth-order valence-corrected chi connectivity index (χ4v) is 5.08. The molecule has 0 aliphatic carbocycles. The second kappa shape index (κ2) is 11.2. The van der Waals surface area contributed by atoms with E-state index in [1.165, 1.54) is 38.5 Å². The van der Waals surface area contributed by atoms with Crippen LogP contribution in [0.15, 0.2) is 47.4 Å². The maximum atomic E-state index is 13.0. The number of ether oxygens (including phenoxy) is 2. The third-order valence-corrected chi connectivity index (χ3v) is 7.09. The second-order valence-corrected chi connectivity index (χ2v) is 9.65. The van der Waals surface area contributed by atoms with E-state index in [4.69, 9.17) is 9.47 Å². The highest BCUT2D eigenvalue weighted by Crippen LogP contribution is 2.30. The Balaban J connectivity index is 1.72. The molecule has 2 aromatic carbocycles. The molecule has 0 radical (unpaired) electrons. The minimum atomic E-state index is -3.97. The molecular weight excluding hydrogens is 458 g/mol. The number of hydrogen-bond donors (Lipinski definition) is 2. The molecule has 1 saturated heterocycles. The van der Waals surface area contributed by atoms with Gasteiger partial charge in [-0.1, -0.05) is 13.3 Å². The highest BCUT2D eigenvalue weighted by atomic mass is 32.2. The zero-order valence-electron chi connectivity index (χ0n) is 19.7. The molecule has 1 fully saturated rings. The van der Waals surface area contributed by atoms with Crippen molar-refractivity contribution in [2.24, 2.45) is 0 Å². The predicted octanol–water partition coefficient (Wildman–Crippen LogP) is 3.03. The standard InChI is InChI=1S/C24H31N3O6S/c1-4-5-14-25-23(28)20-7-6-15-27(20)24(29)17-8-10-18(11-9-17)26-34(30,31)22-16-19(32-2)12-13-21(22)33-3/h8-13,16,20,26H,4-7,14-15H2,1-3H3,(H,25,28)/t20-/m1/s1. The molecule has 0 aromatic heterocycles. The number of carbonyl (C=O) groups excluding carboxylic acids is 2. The number of hydrogen-bond acceptors (Lipinski definition) is 6. The van der Waals surface area contributed by atoms with Crippen molar-refractivity contribution >= 4 is 27.5 Å². The van der Waals surface area contributed by atoms with Crippen LogP contribution in [0.5, 0.6) is 11.5 Å². The topological polar surface area (TPSA) is 114 Å². The van der Waals surface area contributed by atoms with Crippen LogP contribution < -0.4 is 19.5 Å². The summed E-state index contributed by atoms with van der Waals surface area (Å²) in [6.45, 7) is 3.16. The van der Waals surface area contributed by atoms with Gasteiger partial charge in [0.2, 0.25) is 5.91 Å². The molecule has 0 bridgehead atoms.